The zero-order chi connectivity index (χ0) is 42.7. The fraction of sp³-hybridized carbons (Fsp3) is 0.0462. The first-order valence-corrected chi connectivity index (χ1v) is 23.0. The van der Waals surface area contributed by atoms with Crippen molar-refractivity contribution in [1.29, 1.82) is 0 Å². The van der Waals surface area contributed by atoms with E-state index >= 15 is 0 Å². The van der Waals surface area contributed by atoms with Gasteiger partial charge in [-0.05, 0) is 172 Å². The molecule has 0 unspecified atom stereocenters. The monoisotopic (exact) mass is 820 g/mol. The number of benzene rings is 12. The first-order valence-electron chi connectivity index (χ1n) is 23.0. The normalized spacial score (nSPS) is 13.5. The van der Waals surface area contributed by atoms with Gasteiger partial charge in [0.2, 0.25) is 0 Å². The third-order valence-electron chi connectivity index (χ3n) is 15.6. The molecule has 12 aromatic carbocycles. The van der Waals surface area contributed by atoms with Crippen molar-refractivity contribution >= 4 is 53.9 Å². The van der Waals surface area contributed by atoms with Crippen molar-refractivity contribution in [3.63, 3.8) is 0 Å². The van der Waals surface area contributed by atoms with Gasteiger partial charge in [0.25, 0.3) is 0 Å². The lowest BCUT2D eigenvalue weighted by molar-refractivity contribution is 0.661. The van der Waals surface area contributed by atoms with Gasteiger partial charge in [-0.15, -0.1) is 0 Å². The summed E-state index contributed by atoms with van der Waals surface area (Å²) in [4.78, 5) is 0. The smallest absolute Gasteiger partial charge is 0.0159 e. The summed E-state index contributed by atoms with van der Waals surface area (Å²) in [5.41, 5.74) is 23.5. The molecule has 0 amide bonds. The molecule has 0 saturated heterocycles. The maximum atomic E-state index is 2.60. The van der Waals surface area contributed by atoms with E-state index in [4.69, 9.17) is 0 Å². The molecule has 0 fully saturated rings. The summed E-state index contributed by atoms with van der Waals surface area (Å²) in [5.74, 6) is 0. The van der Waals surface area contributed by atoms with Crippen LogP contribution < -0.4 is 0 Å². The first-order chi connectivity index (χ1) is 32.0. The summed E-state index contributed by atoms with van der Waals surface area (Å²) in [5, 5.41) is 13.0. The van der Waals surface area contributed by atoms with Crippen molar-refractivity contribution in [3.8, 4) is 89.0 Å². The standard InChI is InChI=1S/C65H40/c1-65(2)59-34-38(40-23-11-15-37-14-3-4-16-39(37)40)28-29-45(59)56-35-57-58(36-60(56)65)64(55-33-31-53-44-20-8-6-18-42(44)47-25-13-27-51(55)62(47)53)49-22-10-9-21-48(49)63(57)54-32-30-52-43-19-7-5-17-41(43)46-24-12-26-50(54)61(46)52/h3-36H,1-2H3. The molecule has 3 aliphatic rings. The molecular formula is C65H40. The van der Waals surface area contributed by atoms with Crippen molar-refractivity contribution in [2.45, 2.75) is 19.3 Å². The second-order valence-corrected chi connectivity index (χ2v) is 19.0. The van der Waals surface area contributed by atoms with Gasteiger partial charge in [-0.1, -0.05) is 202 Å². The summed E-state index contributed by atoms with van der Waals surface area (Å²) >= 11 is 0. The minimum Gasteiger partial charge on any atom is -0.0616 e. The molecule has 15 rings (SSSR count). The van der Waals surface area contributed by atoms with Gasteiger partial charge in [-0.2, -0.15) is 0 Å². The van der Waals surface area contributed by atoms with Crippen LogP contribution in [0.4, 0.5) is 0 Å². The van der Waals surface area contributed by atoms with E-state index in [1.807, 2.05) is 0 Å². The fourth-order valence-electron chi connectivity index (χ4n) is 12.7. The molecule has 0 heterocycles. The predicted octanol–water partition coefficient (Wildman–Crippen LogP) is 18.1. The zero-order valence-electron chi connectivity index (χ0n) is 36.1. The van der Waals surface area contributed by atoms with E-state index in [-0.39, 0.29) is 5.41 Å². The number of hydrogen-bond donors (Lipinski definition) is 0. The second-order valence-electron chi connectivity index (χ2n) is 19.0. The van der Waals surface area contributed by atoms with E-state index < -0.39 is 0 Å². The van der Waals surface area contributed by atoms with Crippen molar-refractivity contribution in [2.75, 3.05) is 0 Å². The van der Waals surface area contributed by atoms with Crippen LogP contribution in [0.1, 0.15) is 25.0 Å². The maximum Gasteiger partial charge on any atom is 0.0159 e. The topological polar surface area (TPSA) is 0 Å². The third-order valence-corrected chi connectivity index (χ3v) is 15.6. The third kappa shape index (κ3) is 4.56. The fourth-order valence-corrected chi connectivity index (χ4v) is 12.7. The zero-order valence-corrected chi connectivity index (χ0v) is 36.1. The highest BCUT2D eigenvalue weighted by Gasteiger charge is 2.37. The molecule has 12 aromatic rings. The van der Waals surface area contributed by atoms with Gasteiger partial charge < -0.3 is 0 Å². The van der Waals surface area contributed by atoms with E-state index in [2.05, 4.69) is 220 Å². The van der Waals surface area contributed by atoms with E-state index in [0.29, 0.717) is 0 Å². The molecule has 0 saturated carbocycles. The van der Waals surface area contributed by atoms with Crippen LogP contribution in [-0.2, 0) is 5.41 Å². The molecule has 300 valence electrons. The SMILES string of the molecule is CC1(C)c2cc(-c3cccc4ccccc34)ccc2-c2cc3c(-c4ccc5c6c(cccc46)-c4ccccc4-5)c4ccccc4c(-c4ccc5c6c(cccc46)-c4ccccc4-5)c3cc21. The Labute approximate surface area is 377 Å². The van der Waals surface area contributed by atoms with Crippen molar-refractivity contribution in [1.82, 2.24) is 0 Å². The Balaban J connectivity index is 1.06. The van der Waals surface area contributed by atoms with Crippen LogP contribution in [0.25, 0.3) is 143 Å². The molecule has 0 bridgehead atoms. The number of rotatable bonds is 3. The van der Waals surface area contributed by atoms with Gasteiger partial charge in [0, 0.05) is 5.41 Å². The number of fused-ring (bicyclic) bond motifs is 12. The van der Waals surface area contributed by atoms with Gasteiger partial charge in [0.1, 0.15) is 0 Å². The summed E-state index contributed by atoms with van der Waals surface area (Å²) < 4.78 is 0. The Kier molecular flexibility index (Phi) is 6.84. The molecule has 0 N–H and O–H groups in total. The van der Waals surface area contributed by atoms with Crippen LogP contribution in [-0.4, -0.2) is 0 Å². The Morgan fingerprint density at radius 2 is 0.646 bits per heavy atom. The van der Waals surface area contributed by atoms with E-state index in [9.17, 15) is 0 Å². The summed E-state index contributed by atoms with van der Waals surface area (Å²) in [6, 6.07) is 78.5. The summed E-state index contributed by atoms with van der Waals surface area (Å²) in [7, 11) is 0. The van der Waals surface area contributed by atoms with E-state index in [1.165, 1.54) is 154 Å². The van der Waals surface area contributed by atoms with Crippen molar-refractivity contribution in [2.24, 2.45) is 0 Å². The molecule has 0 atom stereocenters. The molecule has 65 heavy (non-hydrogen) atoms. The molecule has 0 aromatic heterocycles. The van der Waals surface area contributed by atoms with Crippen molar-refractivity contribution in [3.05, 3.63) is 217 Å². The lowest BCUT2D eigenvalue weighted by Crippen LogP contribution is -2.15. The van der Waals surface area contributed by atoms with Gasteiger partial charge in [-0.25, -0.2) is 0 Å². The Morgan fingerprint density at radius 3 is 1.25 bits per heavy atom. The molecule has 3 aliphatic carbocycles. The minimum absolute atomic E-state index is 0.236. The predicted molar refractivity (Wildman–Crippen MR) is 277 cm³/mol. The summed E-state index contributed by atoms with van der Waals surface area (Å²) in [6.45, 7) is 4.88. The molecule has 0 nitrogen and oxygen atoms in total. The molecule has 0 radical (unpaired) electrons. The van der Waals surface area contributed by atoms with Gasteiger partial charge in [-0.3, -0.25) is 0 Å². The molecular weight excluding hydrogens is 781 g/mol. The quantitative estimate of drug-likeness (QED) is 0.156. The maximum absolute atomic E-state index is 2.60. The lowest BCUT2D eigenvalue weighted by atomic mass is 9.78. The molecule has 0 heteroatoms. The average Bonchev–Trinajstić information content (AvgIpc) is 3.94. The highest BCUT2D eigenvalue weighted by atomic mass is 14.4. The molecule has 0 spiro atoms. The average molecular weight is 821 g/mol. The van der Waals surface area contributed by atoms with E-state index in [1.54, 1.807) is 0 Å². The van der Waals surface area contributed by atoms with Gasteiger partial charge in [0.05, 0.1) is 0 Å². The Hall–Kier alpha value is -8.06. The van der Waals surface area contributed by atoms with Crippen LogP contribution >= 0.6 is 0 Å². The van der Waals surface area contributed by atoms with Crippen LogP contribution in [0.15, 0.2) is 206 Å². The van der Waals surface area contributed by atoms with Crippen LogP contribution in [0.2, 0.25) is 0 Å². The Bertz CT molecular complexity index is 4070. The van der Waals surface area contributed by atoms with Crippen LogP contribution in [0.5, 0.6) is 0 Å². The second kappa shape index (κ2) is 12.6. The Morgan fingerprint density at radius 1 is 0.246 bits per heavy atom. The van der Waals surface area contributed by atoms with Crippen LogP contribution in [0.3, 0.4) is 0 Å². The largest absolute Gasteiger partial charge is 0.0616 e. The molecule has 0 aliphatic heterocycles. The van der Waals surface area contributed by atoms with Gasteiger partial charge in [0.15, 0.2) is 0 Å². The van der Waals surface area contributed by atoms with Crippen molar-refractivity contribution < 1.29 is 0 Å². The van der Waals surface area contributed by atoms with Gasteiger partial charge >= 0.3 is 0 Å². The highest BCUT2D eigenvalue weighted by molar-refractivity contribution is 6.29. The number of hydrogen-bond acceptors (Lipinski definition) is 0. The minimum atomic E-state index is -0.236. The van der Waals surface area contributed by atoms with E-state index in [0.717, 1.165) is 0 Å². The van der Waals surface area contributed by atoms with Crippen LogP contribution in [0, 0.1) is 0 Å². The first kappa shape index (κ1) is 35.4. The highest BCUT2D eigenvalue weighted by Crippen LogP contribution is 2.57. The lowest BCUT2D eigenvalue weighted by Gasteiger charge is -2.25. The summed E-state index contributed by atoms with van der Waals surface area (Å²) in [6.07, 6.45) is 0.